The van der Waals surface area contributed by atoms with E-state index >= 15 is 0 Å². The summed E-state index contributed by atoms with van der Waals surface area (Å²) in [6, 6.07) is 9.16. The van der Waals surface area contributed by atoms with Crippen LogP contribution < -0.4 is 11.2 Å². The zero-order valence-electron chi connectivity index (χ0n) is 13.0. The fraction of sp³-hybridized carbons (Fsp3) is 0.375. The summed E-state index contributed by atoms with van der Waals surface area (Å²) in [6.45, 7) is -0.308. The Kier molecular flexibility index (Phi) is 5.09. The van der Waals surface area contributed by atoms with Crippen LogP contribution in [0.4, 0.5) is 4.39 Å². The molecule has 9 heteroatoms. The largest absolute Gasteiger partial charge is 0.394 e. The van der Waals surface area contributed by atoms with Crippen LogP contribution >= 0.6 is 0 Å². The SMILES string of the molecule is O=c1[nH]c(=O)n([C@H]2O[C@@H](CO)[C@H](OCc3ccccc3)[C@@H]2O)cc1F. The van der Waals surface area contributed by atoms with E-state index in [4.69, 9.17) is 9.47 Å². The van der Waals surface area contributed by atoms with Crippen molar-refractivity contribution in [1.29, 1.82) is 0 Å². The fourth-order valence-electron chi connectivity index (χ4n) is 2.72. The Morgan fingerprint density at radius 3 is 2.68 bits per heavy atom. The van der Waals surface area contributed by atoms with E-state index < -0.39 is 48.2 Å². The molecule has 1 saturated heterocycles. The summed E-state index contributed by atoms with van der Waals surface area (Å²) in [6.07, 6.45) is -3.83. The molecule has 1 aliphatic rings. The first-order chi connectivity index (χ1) is 12.0. The first-order valence-electron chi connectivity index (χ1n) is 7.62. The van der Waals surface area contributed by atoms with Crippen molar-refractivity contribution in [2.45, 2.75) is 31.1 Å². The van der Waals surface area contributed by atoms with Crippen LogP contribution in [0.15, 0.2) is 46.1 Å². The van der Waals surface area contributed by atoms with Crippen molar-refractivity contribution in [2.75, 3.05) is 6.61 Å². The van der Waals surface area contributed by atoms with Crippen LogP contribution in [-0.2, 0) is 16.1 Å². The minimum absolute atomic E-state index is 0.157. The van der Waals surface area contributed by atoms with Crippen LogP contribution in [0.25, 0.3) is 0 Å². The van der Waals surface area contributed by atoms with Gasteiger partial charge in [-0.15, -0.1) is 0 Å². The number of hydrogen-bond acceptors (Lipinski definition) is 6. The zero-order chi connectivity index (χ0) is 18.0. The molecule has 0 spiro atoms. The van der Waals surface area contributed by atoms with Gasteiger partial charge in [-0.2, -0.15) is 4.39 Å². The maximum atomic E-state index is 13.5. The van der Waals surface area contributed by atoms with Gasteiger partial charge in [0.25, 0.3) is 5.56 Å². The molecule has 0 amide bonds. The number of rotatable bonds is 5. The average Bonchev–Trinajstić information content (AvgIpc) is 2.93. The second-order valence-corrected chi connectivity index (χ2v) is 5.64. The fourth-order valence-corrected chi connectivity index (χ4v) is 2.72. The monoisotopic (exact) mass is 352 g/mol. The number of aliphatic hydroxyl groups excluding tert-OH is 2. The molecular formula is C16H17FN2O6. The number of aromatic nitrogens is 2. The Balaban J connectivity index is 1.81. The van der Waals surface area contributed by atoms with Crippen molar-refractivity contribution in [3.8, 4) is 0 Å². The van der Waals surface area contributed by atoms with Gasteiger partial charge >= 0.3 is 5.69 Å². The van der Waals surface area contributed by atoms with Gasteiger partial charge in [0.2, 0.25) is 5.82 Å². The molecule has 2 aromatic rings. The number of H-pyrrole nitrogens is 1. The summed E-state index contributed by atoms with van der Waals surface area (Å²) in [4.78, 5) is 24.8. The van der Waals surface area contributed by atoms with Crippen molar-refractivity contribution in [3.63, 3.8) is 0 Å². The van der Waals surface area contributed by atoms with Crippen LogP contribution in [-0.4, -0.2) is 44.7 Å². The summed E-state index contributed by atoms with van der Waals surface area (Å²) in [5.74, 6) is -1.19. The molecule has 0 bridgehead atoms. The molecule has 1 aromatic carbocycles. The predicted molar refractivity (Wildman–Crippen MR) is 83.3 cm³/mol. The zero-order valence-corrected chi connectivity index (χ0v) is 13.0. The van der Waals surface area contributed by atoms with Crippen LogP contribution in [0.1, 0.15) is 11.8 Å². The molecule has 2 heterocycles. The highest BCUT2D eigenvalue weighted by atomic mass is 19.1. The quantitative estimate of drug-likeness (QED) is 0.669. The van der Waals surface area contributed by atoms with E-state index in [1.165, 1.54) is 0 Å². The van der Waals surface area contributed by atoms with Gasteiger partial charge < -0.3 is 19.7 Å². The van der Waals surface area contributed by atoms with Gasteiger partial charge in [-0.3, -0.25) is 14.3 Å². The summed E-state index contributed by atoms with van der Waals surface area (Å²) in [7, 11) is 0. The topological polar surface area (TPSA) is 114 Å². The normalized spacial score (nSPS) is 26.0. The van der Waals surface area contributed by atoms with Crippen molar-refractivity contribution in [2.24, 2.45) is 0 Å². The van der Waals surface area contributed by atoms with Crippen molar-refractivity contribution in [3.05, 3.63) is 68.7 Å². The first-order valence-corrected chi connectivity index (χ1v) is 7.62. The van der Waals surface area contributed by atoms with E-state index in [1.807, 2.05) is 30.3 Å². The second kappa shape index (κ2) is 7.28. The molecule has 8 nitrogen and oxygen atoms in total. The minimum atomic E-state index is -1.34. The summed E-state index contributed by atoms with van der Waals surface area (Å²) in [5, 5.41) is 19.9. The Morgan fingerprint density at radius 2 is 2.00 bits per heavy atom. The highest BCUT2D eigenvalue weighted by Crippen LogP contribution is 2.30. The van der Waals surface area contributed by atoms with E-state index in [9.17, 15) is 24.2 Å². The van der Waals surface area contributed by atoms with Gasteiger partial charge in [0, 0.05) is 0 Å². The smallest absolute Gasteiger partial charge is 0.330 e. The van der Waals surface area contributed by atoms with Crippen molar-refractivity contribution in [1.82, 2.24) is 9.55 Å². The van der Waals surface area contributed by atoms with Crippen LogP contribution in [0.3, 0.4) is 0 Å². The number of aliphatic hydroxyl groups is 2. The molecule has 1 fully saturated rings. The molecule has 3 rings (SSSR count). The molecule has 1 aromatic heterocycles. The molecule has 1 aliphatic heterocycles. The Labute approximate surface area is 141 Å². The van der Waals surface area contributed by atoms with E-state index in [0.29, 0.717) is 6.20 Å². The molecular weight excluding hydrogens is 335 g/mol. The highest BCUT2D eigenvalue weighted by Gasteiger charge is 2.45. The number of nitrogens with zero attached hydrogens (tertiary/aromatic N) is 1. The lowest BCUT2D eigenvalue weighted by atomic mass is 10.1. The third-order valence-corrected chi connectivity index (χ3v) is 3.97. The Hall–Kier alpha value is -2.33. The highest BCUT2D eigenvalue weighted by molar-refractivity contribution is 5.13. The lowest BCUT2D eigenvalue weighted by molar-refractivity contribution is -0.0662. The van der Waals surface area contributed by atoms with E-state index in [1.54, 1.807) is 4.98 Å². The van der Waals surface area contributed by atoms with Crippen LogP contribution in [0.5, 0.6) is 0 Å². The van der Waals surface area contributed by atoms with Gasteiger partial charge in [0.05, 0.1) is 19.4 Å². The number of benzene rings is 1. The lowest BCUT2D eigenvalue weighted by Gasteiger charge is -2.20. The number of nitrogens with one attached hydrogen (secondary N) is 1. The molecule has 4 atom stereocenters. The molecule has 0 unspecified atom stereocenters. The minimum Gasteiger partial charge on any atom is -0.394 e. The van der Waals surface area contributed by atoms with Gasteiger partial charge in [-0.05, 0) is 5.56 Å². The lowest BCUT2D eigenvalue weighted by Crippen LogP contribution is -2.39. The van der Waals surface area contributed by atoms with Gasteiger partial charge in [-0.25, -0.2) is 4.79 Å². The Morgan fingerprint density at radius 1 is 1.28 bits per heavy atom. The van der Waals surface area contributed by atoms with Gasteiger partial charge in [0.15, 0.2) is 6.23 Å². The molecule has 25 heavy (non-hydrogen) atoms. The standard InChI is InChI=1S/C16H17FN2O6/c17-10-6-19(16(23)18-14(10)22)15-12(21)13(11(7-20)25-15)24-8-9-4-2-1-3-5-9/h1-6,11-13,15,20-21H,7-8H2,(H,18,22,23)/t11-,12-,13-,15-/m0/s1. The molecule has 0 aliphatic carbocycles. The molecule has 3 N–H and O–H groups in total. The number of halogens is 1. The summed E-state index contributed by atoms with van der Waals surface area (Å²) < 4.78 is 25.3. The van der Waals surface area contributed by atoms with Crippen molar-refractivity contribution >= 4 is 0 Å². The maximum Gasteiger partial charge on any atom is 0.330 e. The maximum absolute atomic E-state index is 13.5. The van der Waals surface area contributed by atoms with Gasteiger partial charge in [0.1, 0.15) is 18.3 Å². The third kappa shape index (κ3) is 3.54. The van der Waals surface area contributed by atoms with E-state index in [-0.39, 0.29) is 6.61 Å². The van der Waals surface area contributed by atoms with Gasteiger partial charge in [-0.1, -0.05) is 30.3 Å². The number of aromatic amines is 1. The summed E-state index contributed by atoms with van der Waals surface area (Å²) >= 11 is 0. The average molecular weight is 352 g/mol. The van der Waals surface area contributed by atoms with Crippen molar-refractivity contribution < 1.29 is 24.1 Å². The molecule has 0 saturated carbocycles. The van der Waals surface area contributed by atoms with Crippen LogP contribution in [0.2, 0.25) is 0 Å². The molecule has 0 radical (unpaired) electrons. The third-order valence-electron chi connectivity index (χ3n) is 3.97. The van der Waals surface area contributed by atoms with E-state index in [2.05, 4.69) is 0 Å². The second-order valence-electron chi connectivity index (χ2n) is 5.64. The Bertz CT molecular complexity index is 837. The summed E-state index contributed by atoms with van der Waals surface area (Å²) in [5.41, 5.74) is -1.25. The van der Waals surface area contributed by atoms with E-state index in [0.717, 1.165) is 10.1 Å². The molecule has 134 valence electrons. The predicted octanol–water partition coefficient (Wildman–Crippen LogP) is -0.488. The number of hydrogen-bond donors (Lipinski definition) is 3. The van der Waals surface area contributed by atoms with Crippen LogP contribution in [0, 0.1) is 5.82 Å². The first kappa shape index (κ1) is 17.5. The number of ether oxygens (including phenoxy) is 2.